The topological polar surface area (TPSA) is 199 Å². The summed E-state index contributed by atoms with van der Waals surface area (Å²) in [6, 6.07) is 23.1. The van der Waals surface area contributed by atoms with E-state index >= 15 is 0 Å². The number of ketones is 2. The Bertz CT molecular complexity index is 2960. The molecule has 0 bridgehead atoms. The van der Waals surface area contributed by atoms with Gasteiger partial charge < -0.3 is 35.1 Å². The number of amides is 6. The van der Waals surface area contributed by atoms with Crippen molar-refractivity contribution in [1.29, 1.82) is 0 Å². The van der Waals surface area contributed by atoms with Crippen molar-refractivity contribution < 1.29 is 43.1 Å². The molecule has 0 saturated carbocycles. The Morgan fingerprint density at radius 1 is 0.822 bits per heavy atom. The number of carbonyl (C=O) groups is 8. The highest BCUT2D eigenvalue weighted by Gasteiger charge is 2.36. The molecule has 3 atom stereocenters. The summed E-state index contributed by atoms with van der Waals surface area (Å²) in [5.74, 6) is -1.80. The van der Waals surface area contributed by atoms with Crippen molar-refractivity contribution in [3.8, 4) is 5.75 Å². The lowest BCUT2D eigenvalue weighted by Crippen LogP contribution is -2.48. The van der Waals surface area contributed by atoms with E-state index in [2.05, 4.69) is 20.5 Å². The van der Waals surface area contributed by atoms with Gasteiger partial charge in [0.1, 0.15) is 11.4 Å². The van der Waals surface area contributed by atoms with Crippen LogP contribution in [-0.4, -0.2) is 132 Å². The van der Waals surface area contributed by atoms with Gasteiger partial charge in [0.2, 0.25) is 11.8 Å². The number of hydrogen-bond acceptors (Lipinski definition) is 10. The van der Waals surface area contributed by atoms with E-state index in [-0.39, 0.29) is 84.6 Å². The monoisotopic (exact) mass is 1010 g/mol. The number of rotatable bonds is 20. The molecule has 1 saturated heterocycles. The van der Waals surface area contributed by atoms with Crippen molar-refractivity contribution in [3.63, 3.8) is 0 Å². The van der Waals surface area contributed by atoms with Crippen LogP contribution in [-0.2, 0) is 36.8 Å². The Morgan fingerprint density at radius 3 is 2.22 bits per heavy atom. The van der Waals surface area contributed by atoms with Gasteiger partial charge in [-0.25, -0.2) is 4.79 Å². The molecule has 17 heteroatoms. The Labute approximate surface area is 429 Å². The number of hydrogen-bond donors (Lipinski definition) is 3. The second kappa shape index (κ2) is 23.1. The summed E-state index contributed by atoms with van der Waals surface area (Å²) >= 11 is 6.56. The van der Waals surface area contributed by atoms with Gasteiger partial charge in [-0.05, 0) is 72.5 Å². The summed E-state index contributed by atoms with van der Waals surface area (Å²) in [6.45, 7) is 9.03. The second-order valence-corrected chi connectivity index (χ2v) is 20.0. The molecule has 3 aliphatic rings. The number of piperazine rings is 1. The number of nitrogens with one attached hydrogen (secondary N) is 3. The molecule has 1 fully saturated rings. The third-order valence-electron chi connectivity index (χ3n) is 14.0. The number of Topliss-reactive ketones (excluding diaryl/α,β-unsaturated/α-hetero) is 2. The normalized spacial score (nSPS) is 16.6. The van der Waals surface area contributed by atoms with Crippen LogP contribution in [0, 0.1) is 11.8 Å². The molecule has 73 heavy (non-hydrogen) atoms. The molecule has 1 aromatic heterocycles. The number of benzene rings is 4. The zero-order chi connectivity index (χ0) is 51.9. The average Bonchev–Trinajstić information content (AvgIpc) is 4.08. The maximum Gasteiger partial charge on any atom is 0.415 e. The number of carbonyl (C=O) groups excluding carboxylic acids is 8. The lowest BCUT2D eigenvalue weighted by atomic mass is 9.93. The molecular formula is C56H62ClN7O9. The number of alkyl halides is 1. The van der Waals surface area contributed by atoms with E-state index in [9.17, 15) is 38.4 Å². The van der Waals surface area contributed by atoms with Crippen molar-refractivity contribution in [3.05, 3.63) is 119 Å². The van der Waals surface area contributed by atoms with Crippen molar-refractivity contribution in [2.45, 2.75) is 71.3 Å². The maximum atomic E-state index is 14.4. The quantitative estimate of drug-likeness (QED) is 0.0317. The third-order valence-corrected chi connectivity index (χ3v) is 14.4. The van der Waals surface area contributed by atoms with Gasteiger partial charge in [-0.1, -0.05) is 75.4 Å². The molecule has 1 unspecified atom stereocenters. The molecule has 0 aliphatic carbocycles. The smallest absolute Gasteiger partial charge is 0.409 e. The first-order chi connectivity index (χ1) is 35.1. The molecular weight excluding hydrogens is 950 g/mol. The Morgan fingerprint density at radius 2 is 1.52 bits per heavy atom. The fourth-order valence-electron chi connectivity index (χ4n) is 9.74. The fourth-order valence-corrected chi connectivity index (χ4v) is 9.99. The molecule has 4 aromatic carbocycles. The zero-order valence-corrected chi connectivity index (χ0v) is 42.5. The molecule has 0 spiro atoms. The minimum atomic E-state index is -0.717. The largest absolute Gasteiger partial charge is 0.415 e. The minimum Gasteiger partial charge on any atom is -0.409 e. The van der Waals surface area contributed by atoms with Crippen molar-refractivity contribution in [2.24, 2.45) is 11.8 Å². The summed E-state index contributed by atoms with van der Waals surface area (Å²) in [4.78, 5) is 114. The van der Waals surface area contributed by atoms with Crippen LogP contribution in [0.4, 0.5) is 10.5 Å². The number of H-pyrrole nitrogens is 1. The Kier molecular flexibility index (Phi) is 16.5. The third kappa shape index (κ3) is 12.2. The van der Waals surface area contributed by atoms with Crippen LogP contribution in [0.2, 0.25) is 0 Å². The molecule has 0 radical (unpaired) electrons. The van der Waals surface area contributed by atoms with Crippen LogP contribution < -0.4 is 20.3 Å². The van der Waals surface area contributed by atoms with Gasteiger partial charge in [0, 0.05) is 123 Å². The molecule has 3 aliphatic heterocycles. The van der Waals surface area contributed by atoms with Crippen LogP contribution in [0.15, 0.2) is 91.0 Å². The van der Waals surface area contributed by atoms with Crippen LogP contribution in [0.5, 0.6) is 5.75 Å². The van der Waals surface area contributed by atoms with Crippen molar-refractivity contribution >= 4 is 86.2 Å². The maximum absolute atomic E-state index is 14.4. The lowest BCUT2D eigenvalue weighted by molar-refractivity contribution is -0.137. The number of likely N-dealkylation sites (N-methyl/N-ethyl adjacent to an activating group) is 1. The van der Waals surface area contributed by atoms with Crippen LogP contribution >= 0.6 is 11.6 Å². The first-order valence-corrected chi connectivity index (χ1v) is 25.6. The fraction of sp³-hybridized carbons (Fsp3) is 0.393. The van der Waals surface area contributed by atoms with E-state index < -0.39 is 18.1 Å². The molecule has 8 rings (SSSR count). The lowest BCUT2D eigenvalue weighted by Gasteiger charge is -2.31. The van der Waals surface area contributed by atoms with Gasteiger partial charge in [0.15, 0.2) is 11.6 Å². The number of ether oxygens (including phenoxy) is 1. The highest BCUT2D eigenvalue weighted by molar-refractivity contribution is 6.19. The molecule has 16 nitrogen and oxygen atoms in total. The summed E-state index contributed by atoms with van der Waals surface area (Å²) in [5, 5.41) is 8.16. The van der Waals surface area contributed by atoms with Crippen LogP contribution in [0.1, 0.15) is 89.9 Å². The van der Waals surface area contributed by atoms with E-state index in [1.54, 1.807) is 53.1 Å². The number of aromatic nitrogens is 1. The number of imide groups is 1. The predicted molar refractivity (Wildman–Crippen MR) is 279 cm³/mol. The van der Waals surface area contributed by atoms with Gasteiger partial charge >= 0.3 is 6.09 Å². The van der Waals surface area contributed by atoms with Gasteiger partial charge in [-0.2, -0.15) is 0 Å². The molecule has 5 aromatic rings. The molecule has 382 valence electrons. The predicted octanol–water partition coefficient (Wildman–Crippen LogP) is 6.97. The Hall–Kier alpha value is -7.17. The zero-order valence-electron chi connectivity index (χ0n) is 41.7. The van der Waals surface area contributed by atoms with E-state index in [4.69, 9.17) is 16.3 Å². The summed E-state index contributed by atoms with van der Waals surface area (Å²) in [6.07, 6.45) is 3.73. The van der Waals surface area contributed by atoms with Crippen LogP contribution in [0.25, 0.3) is 21.7 Å². The minimum absolute atomic E-state index is 0.0669. The van der Waals surface area contributed by atoms with Gasteiger partial charge in [-0.15, -0.1) is 11.6 Å². The van der Waals surface area contributed by atoms with Gasteiger partial charge in [0.05, 0.1) is 11.7 Å². The number of fused-ring (bicyclic) bond motifs is 4. The standard InChI is InChI=1S/C56H62ClN7O9/c1-34(2)53(60-54(70)35(3)9-7-21-58-49(67)12-8-22-63-50(68)19-20-51(63)69)47(66)28-36-13-16-38(17-14-36)46(65)29-37-15-18-43-39(27-37)30-44(59-43)55(71)64-33-40(32-57)52-42-11-6-5-10-41(42)48(31-45(52)64)73-56(72)62-25-23-61(4)24-26-62/h5-6,10-11,13-20,27,30-31,34-35,40,53,59H,7-9,12,21-26,28-29,32-33H2,1-4H3,(H,58,67)(H,60,70)/t35-,40-,53?/m1/s1. The molecule has 4 heterocycles. The van der Waals surface area contributed by atoms with Gasteiger partial charge in [0.25, 0.3) is 17.7 Å². The van der Waals surface area contributed by atoms with Crippen molar-refractivity contribution in [2.75, 3.05) is 63.6 Å². The Balaban J connectivity index is 0.839. The van der Waals surface area contributed by atoms with E-state index in [0.717, 1.165) is 50.8 Å². The first-order valence-electron chi connectivity index (χ1n) is 25.0. The highest BCUT2D eigenvalue weighted by atomic mass is 35.5. The second-order valence-electron chi connectivity index (χ2n) is 19.7. The molecule has 6 amide bonds. The van der Waals surface area contributed by atoms with E-state index in [0.29, 0.717) is 73.7 Å². The number of nitrogens with zero attached hydrogens (tertiary/aromatic N) is 4. The average molecular weight is 1010 g/mol. The SMILES string of the molecule is CC(C)C(NC(=O)[C@H](C)CCCNC(=O)CCCN1C(=O)C=CC1=O)C(=O)Cc1ccc(C(=O)Cc2ccc3[nH]c(C(=O)N4C[C@@H](CCl)c5c4cc(OC(=O)N4CCN(C)CC4)c4ccccc54)cc3c2)cc1. The number of halogens is 1. The first kappa shape index (κ1) is 52.2. The summed E-state index contributed by atoms with van der Waals surface area (Å²) in [5.41, 5.74) is 4.62. The van der Waals surface area contributed by atoms with Gasteiger partial charge in [-0.3, -0.25) is 38.5 Å². The molecule has 3 N–H and O–H groups in total. The summed E-state index contributed by atoms with van der Waals surface area (Å²) < 4.78 is 6.06. The number of aromatic amines is 1. The van der Waals surface area contributed by atoms with Crippen LogP contribution in [0.3, 0.4) is 0 Å². The summed E-state index contributed by atoms with van der Waals surface area (Å²) in [7, 11) is 2.02. The highest BCUT2D eigenvalue weighted by Crippen LogP contribution is 2.46. The van der Waals surface area contributed by atoms with E-state index in [1.165, 1.54) is 12.2 Å². The van der Waals surface area contributed by atoms with Crippen molar-refractivity contribution in [1.82, 2.24) is 30.3 Å². The van der Waals surface area contributed by atoms with E-state index in [1.807, 2.05) is 63.4 Å². The number of anilines is 1.